The van der Waals surface area contributed by atoms with Gasteiger partial charge in [0.05, 0.1) is 10.9 Å². The van der Waals surface area contributed by atoms with Crippen LogP contribution in [0, 0.1) is 0 Å². The van der Waals surface area contributed by atoms with E-state index in [4.69, 9.17) is 40.1 Å². The highest BCUT2D eigenvalue weighted by Gasteiger charge is 2.05. The van der Waals surface area contributed by atoms with E-state index in [1.54, 1.807) is 26.2 Å². The highest BCUT2D eigenvalue weighted by molar-refractivity contribution is 6.40. The van der Waals surface area contributed by atoms with Crippen molar-refractivity contribution >= 4 is 47.2 Å². The Kier molecular flexibility index (Phi) is 14.3. The van der Waals surface area contributed by atoms with Gasteiger partial charge in [-0.05, 0) is 18.2 Å². The summed E-state index contributed by atoms with van der Waals surface area (Å²) in [5.41, 5.74) is 0.222. The molecular formula is C11H14Cl3NO4. The number of nitrogens with zero attached hydrogens (tertiary/aromatic N) is 1. The summed E-state index contributed by atoms with van der Waals surface area (Å²) in [7, 11) is 3.38. The van der Waals surface area contributed by atoms with E-state index in [2.05, 4.69) is 4.89 Å². The van der Waals surface area contributed by atoms with Crippen LogP contribution in [-0.4, -0.2) is 42.0 Å². The van der Waals surface area contributed by atoms with Crippen molar-refractivity contribution in [3.8, 4) is 0 Å². The minimum absolute atomic E-state index is 0.194. The lowest BCUT2D eigenvalue weighted by molar-refractivity contribution is -0.182. The van der Waals surface area contributed by atoms with Crippen LogP contribution in [0.2, 0.25) is 5.02 Å². The van der Waals surface area contributed by atoms with Crippen LogP contribution in [0.3, 0.4) is 0 Å². The molecule has 5 nitrogen and oxygen atoms in total. The summed E-state index contributed by atoms with van der Waals surface area (Å²) in [6.45, 7) is 0. The van der Waals surface area contributed by atoms with Gasteiger partial charge in [-0.25, -0.2) is 4.79 Å². The molecule has 0 spiro atoms. The molecule has 0 saturated carbocycles. The van der Waals surface area contributed by atoms with E-state index in [1.807, 2.05) is 0 Å². The normalized spacial score (nSPS) is 8.11. The van der Waals surface area contributed by atoms with Crippen molar-refractivity contribution in [1.29, 1.82) is 0 Å². The molecular weight excluding hydrogens is 316 g/mol. The van der Waals surface area contributed by atoms with Gasteiger partial charge in [0.25, 0.3) is 0 Å². The van der Waals surface area contributed by atoms with Crippen LogP contribution in [0.4, 0.5) is 0 Å². The number of halogens is 3. The van der Waals surface area contributed by atoms with Crippen molar-refractivity contribution in [1.82, 2.24) is 4.90 Å². The first kappa shape index (κ1) is 20.3. The van der Waals surface area contributed by atoms with E-state index < -0.39 is 5.97 Å². The third kappa shape index (κ3) is 13.2. The quantitative estimate of drug-likeness (QED) is 0.391. The Labute approximate surface area is 126 Å². The number of alkyl halides is 2. The summed E-state index contributed by atoms with van der Waals surface area (Å²) in [6, 6.07) is 6.11. The van der Waals surface area contributed by atoms with Crippen molar-refractivity contribution in [3.63, 3.8) is 0 Å². The van der Waals surface area contributed by atoms with Gasteiger partial charge in [0, 0.05) is 19.1 Å². The second-order valence-corrected chi connectivity index (χ2v) is 4.30. The molecule has 0 unspecified atom stereocenters. The van der Waals surface area contributed by atoms with Crippen LogP contribution in [-0.2, 0) is 9.68 Å². The Morgan fingerprint density at radius 2 is 1.89 bits per heavy atom. The highest BCUT2D eigenvalue weighted by atomic mass is 35.5. The van der Waals surface area contributed by atoms with Gasteiger partial charge >= 0.3 is 5.97 Å². The Balaban J connectivity index is 0. The molecule has 0 aliphatic carbocycles. The summed E-state index contributed by atoms with van der Waals surface area (Å²) in [4.78, 5) is 25.0. The van der Waals surface area contributed by atoms with Crippen molar-refractivity contribution in [3.05, 3.63) is 34.9 Å². The first-order chi connectivity index (χ1) is 8.92. The van der Waals surface area contributed by atoms with E-state index >= 15 is 0 Å². The molecule has 1 rings (SSSR count). The molecule has 0 aliphatic heterocycles. The number of amides is 1. The fourth-order valence-electron chi connectivity index (χ4n) is 0.668. The lowest BCUT2D eigenvalue weighted by Crippen LogP contribution is -2.06. The molecule has 0 radical (unpaired) electrons. The molecule has 0 heterocycles. The molecule has 19 heavy (non-hydrogen) atoms. The third-order valence-corrected chi connectivity index (χ3v) is 1.59. The van der Waals surface area contributed by atoms with Crippen molar-refractivity contribution in [2.24, 2.45) is 0 Å². The van der Waals surface area contributed by atoms with Gasteiger partial charge in [-0.15, -0.1) is 23.2 Å². The van der Waals surface area contributed by atoms with E-state index in [0.717, 1.165) is 6.41 Å². The maximum Gasteiger partial charge on any atom is 0.372 e. The maximum atomic E-state index is 10.6. The molecule has 1 aromatic carbocycles. The first-order valence-electron chi connectivity index (χ1n) is 4.77. The summed E-state index contributed by atoms with van der Waals surface area (Å²) >= 11 is 15.1. The van der Waals surface area contributed by atoms with Gasteiger partial charge in [0.15, 0.2) is 0 Å². The zero-order valence-corrected chi connectivity index (χ0v) is 12.6. The Hall–Kier alpha value is -1.01. The fraction of sp³-hybridized carbons (Fsp3) is 0.273. The molecule has 8 heteroatoms. The van der Waals surface area contributed by atoms with Crippen LogP contribution >= 0.6 is 34.8 Å². The summed E-state index contributed by atoms with van der Waals surface area (Å²) in [6.07, 6.45) is 0.750. The van der Waals surface area contributed by atoms with Gasteiger partial charge in [-0.2, -0.15) is 5.26 Å². The number of carbonyl (C=O) groups excluding carboxylic acids is 2. The van der Waals surface area contributed by atoms with Crippen LogP contribution in [0.15, 0.2) is 24.3 Å². The van der Waals surface area contributed by atoms with Crippen LogP contribution < -0.4 is 0 Å². The molecule has 108 valence electrons. The molecule has 1 N–H and O–H groups in total. The van der Waals surface area contributed by atoms with E-state index in [-0.39, 0.29) is 10.9 Å². The molecule has 0 aliphatic rings. The predicted molar refractivity (Wildman–Crippen MR) is 75.8 cm³/mol. The molecule has 1 aromatic rings. The first-order valence-corrected chi connectivity index (χ1v) is 6.22. The summed E-state index contributed by atoms with van der Waals surface area (Å²) < 4.78 is 0. The topological polar surface area (TPSA) is 66.8 Å². The third-order valence-electron chi connectivity index (χ3n) is 1.35. The minimum atomic E-state index is -0.813. The molecule has 0 bridgehead atoms. The standard InChI is InChI=1S/C7H5ClO3.C3H7NO.CH2Cl2/c8-6-3-1-2-5(4-6)7(9)11-10;1-4(2)3-5;2-1-3/h1-4,10H;3H,1-2H3;1H2. The van der Waals surface area contributed by atoms with E-state index in [0.29, 0.717) is 5.02 Å². The van der Waals surface area contributed by atoms with Crippen LogP contribution in [0.5, 0.6) is 0 Å². The van der Waals surface area contributed by atoms with Gasteiger partial charge in [-0.3, -0.25) is 9.68 Å². The van der Waals surface area contributed by atoms with Gasteiger partial charge < -0.3 is 4.90 Å². The Bertz CT molecular complexity index is 375. The largest absolute Gasteiger partial charge is 0.372 e. The predicted octanol–water partition coefficient (Wildman–Crippen LogP) is 3.10. The second kappa shape index (κ2) is 13.4. The SMILES string of the molecule is CN(C)C=O.ClCCl.O=C(OO)c1cccc(Cl)c1. The zero-order chi connectivity index (χ0) is 15.3. The molecule has 0 aromatic heterocycles. The number of carbonyl (C=O) groups is 2. The Morgan fingerprint density at radius 3 is 2.21 bits per heavy atom. The lowest BCUT2D eigenvalue weighted by Gasteiger charge is -1.95. The van der Waals surface area contributed by atoms with Gasteiger partial charge in [0.2, 0.25) is 6.41 Å². The monoisotopic (exact) mass is 329 g/mol. The van der Waals surface area contributed by atoms with E-state index in [1.165, 1.54) is 17.0 Å². The maximum absolute atomic E-state index is 10.6. The average Bonchev–Trinajstić information content (AvgIpc) is 2.39. The summed E-state index contributed by atoms with van der Waals surface area (Å²) in [5.74, 6) is -0.813. The van der Waals surface area contributed by atoms with Crippen LogP contribution in [0.1, 0.15) is 10.4 Å². The van der Waals surface area contributed by atoms with Gasteiger partial charge in [0.1, 0.15) is 0 Å². The lowest BCUT2D eigenvalue weighted by atomic mass is 10.2. The molecule has 0 atom stereocenters. The molecule has 0 saturated heterocycles. The smallest absolute Gasteiger partial charge is 0.351 e. The van der Waals surface area contributed by atoms with Crippen LogP contribution in [0.25, 0.3) is 0 Å². The molecule has 0 fully saturated rings. The van der Waals surface area contributed by atoms with Crippen molar-refractivity contribution in [2.45, 2.75) is 0 Å². The Morgan fingerprint density at radius 1 is 1.42 bits per heavy atom. The second-order valence-electron chi connectivity index (χ2n) is 3.06. The minimum Gasteiger partial charge on any atom is -0.351 e. The highest BCUT2D eigenvalue weighted by Crippen LogP contribution is 2.10. The number of hydrogen-bond acceptors (Lipinski definition) is 4. The number of rotatable bonds is 2. The van der Waals surface area contributed by atoms with Gasteiger partial charge in [-0.1, -0.05) is 17.7 Å². The number of benzene rings is 1. The van der Waals surface area contributed by atoms with E-state index in [9.17, 15) is 9.59 Å². The average molecular weight is 331 g/mol. The molecule has 1 amide bonds. The van der Waals surface area contributed by atoms with Crippen molar-refractivity contribution in [2.75, 3.05) is 19.4 Å². The summed E-state index contributed by atoms with van der Waals surface area (Å²) in [5, 5.41) is 8.60. The number of hydrogen-bond donors (Lipinski definition) is 1. The fourth-order valence-corrected chi connectivity index (χ4v) is 0.858. The van der Waals surface area contributed by atoms with Crippen molar-refractivity contribution < 1.29 is 19.7 Å². The zero-order valence-electron chi connectivity index (χ0n) is 10.3.